The Morgan fingerprint density at radius 2 is 1.02 bits per heavy atom. The fourth-order valence-corrected chi connectivity index (χ4v) is 6.37. The van der Waals surface area contributed by atoms with Crippen molar-refractivity contribution < 1.29 is 13.9 Å². The fourth-order valence-electron chi connectivity index (χ4n) is 6.37. The molecule has 0 radical (unpaired) electrons. The highest BCUT2D eigenvalue weighted by Crippen LogP contribution is 2.28. The van der Waals surface area contributed by atoms with E-state index in [0.29, 0.717) is 35.5 Å². The summed E-state index contributed by atoms with van der Waals surface area (Å²) in [5.41, 5.74) is 2.36. The Morgan fingerprint density at radius 1 is 0.489 bits per heavy atom. The van der Waals surface area contributed by atoms with Gasteiger partial charge in [0.2, 0.25) is 5.43 Å². The van der Waals surface area contributed by atoms with Gasteiger partial charge in [-0.15, -0.1) is 0 Å². The minimum atomic E-state index is -0.130. The second-order valence-electron chi connectivity index (χ2n) is 13.0. The van der Waals surface area contributed by atoms with Crippen molar-refractivity contribution in [3.8, 4) is 34.7 Å². The van der Waals surface area contributed by atoms with E-state index in [2.05, 4.69) is 11.8 Å². The Balaban J connectivity index is 1.28. The standard InChI is InChI=1S/C43H52O4/c44-42-39-24-17-18-25-41(39)47-43-36-27-29-37(30-28-36)45-32-19-15-13-11-9-7-5-3-1-2-4-6-8-10-12-14-16-20-33-46-38-23-21-22-35(34-38)26-31-40(42)43/h17-18,21-25,27-30,34H,1-16,19-20,32-33H2. The highest BCUT2D eigenvalue weighted by atomic mass is 16.5. The average molecular weight is 633 g/mol. The highest BCUT2D eigenvalue weighted by Gasteiger charge is 2.15. The molecule has 0 aliphatic carbocycles. The maximum atomic E-state index is 13.7. The molecule has 0 spiro atoms. The summed E-state index contributed by atoms with van der Waals surface area (Å²) in [6.07, 6.45) is 23.6. The third kappa shape index (κ3) is 11.4. The Morgan fingerprint density at radius 3 is 1.62 bits per heavy atom. The molecule has 4 aromatic rings. The van der Waals surface area contributed by atoms with Crippen molar-refractivity contribution in [3.63, 3.8) is 0 Å². The van der Waals surface area contributed by atoms with Gasteiger partial charge in [-0.3, -0.25) is 4.79 Å². The summed E-state index contributed by atoms with van der Waals surface area (Å²) in [6, 6.07) is 23.0. The zero-order valence-electron chi connectivity index (χ0n) is 28.2. The Hall–Kier alpha value is -3.97. The van der Waals surface area contributed by atoms with Crippen LogP contribution in [-0.2, 0) is 0 Å². The van der Waals surface area contributed by atoms with Crippen LogP contribution in [0, 0.1) is 11.8 Å². The number of hydrogen-bond donors (Lipinski definition) is 0. The van der Waals surface area contributed by atoms with Crippen molar-refractivity contribution in [3.05, 3.63) is 94.1 Å². The Labute approximate surface area is 281 Å². The van der Waals surface area contributed by atoms with Crippen molar-refractivity contribution >= 4 is 11.0 Å². The Kier molecular flexibility index (Phi) is 14.4. The smallest absolute Gasteiger partial charge is 0.208 e. The van der Waals surface area contributed by atoms with Crippen LogP contribution < -0.4 is 14.9 Å². The molecule has 4 bridgehead atoms. The van der Waals surface area contributed by atoms with E-state index in [0.717, 1.165) is 35.5 Å². The summed E-state index contributed by atoms with van der Waals surface area (Å²) >= 11 is 0. The molecule has 0 saturated heterocycles. The lowest BCUT2D eigenvalue weighted by molar-refractivity contribution is 0.304. The van der Waals surface area contributed by atoms with E-state index in [1.807, 2.05) is 66.7 Å². The molecule has 0 N–H and O–H groups in total. The molecule has 4 nitrogen and oxygen atoms in total. The minimum absolute atomic E-state index is 0.130. The minimum Gasteiger partial charge on any atom is -0.494 e. The van der Waals surface area contributed by atoms with Gasteiger partial charge in [-0.2, -0.15) is 0 Å². The molecular formula is C43H52O4. The predicted molar refractivity (Wildman–Crippen MR) is 194 cm³/mol. The number of para-hydroxylation sites is 1. The van der Waals surface area contributed by atoms with Crippen LogP contribution in [0.3, 0.4) is 0 Å². The van der Waals surface area contributed by atoms with Crippen molar-refractivity contribution in [1.82, 2.24) is 0 Å². The number of ether oxygens (including phenoxy) is 2. The van der Waals surface area contributed by atoms with E-state index < -0.39 is 0 Å². The van der Waals surface area contributed by atoms with Gasteiger partial charge < -0.3 is 13.9 Å². The first-order chi connectivity index (χ1) is 23.3. The summed E-state index contributed by atoms with van der Waals surface area (Å²) in [4.78, 5) is 13.7. The van der Waals surface area contributed by atoms with Crippen molar-refractivity contribution in [2.24, 2.45) is 0 Å². The Bertz CT molecular complexity index is 1620. The first-order valence-corrected chi connectivity index (χ1v) is 18.3. The van der Waals surface area contributed by atoms with Gasteiger partial charge >= 0.3 is 0 Å². The first-order valence-electron chi connectivity index (χ1n) is 18.3. The van der Waals surface area contributed by atoms with Gasteiger partial charge in [-0.25, -0.2) is 0 Å². The van der Waals surface area contributed by atoms with Gasteiger partial charge in [0.15, 0.2) is 5.76 Å². The van der Waals surface area contributed by atoms with Gasteiger partial charge in [-0.1, -0.05) is 133 Å². The average Bonchev–Trinajstić information content (AvgIpc) is 3.10. The van der Waals surface area contributed by atoms with E-state index in [1.54, 1.807) is 6.07 Å². The molecule has 2 aliphatic heterocycles. The zero-order valence-corrected chi connectivity index (χ0v) is 28.2. The van der Waals surface area contributed by atoms with Crippen LogP contribution in [0.5, 0.6) is 11.5 Å². The molecule has 248 valence electrons. The van der Waals surface area contributed by atoms with Crippen LogP contribution >= 0.6 is 0 Å². The van der Waals surface area contributed by atoms with Crippen LogP contribution in [0.15, 0.2) is 82.0 Å². The second-order valence-corrected chi connectivity index (χ2v) is 13.0. The molecule has 4 heteroatoms. The third-order valence-electron chi connectivity index (χ3n) is 9.16. The molecule has 0 unspecified atom stereocenters. The summed E-state index contributed by atoms with van der Waals surface area (Å²) < 4.78 is 18.4. The molecule has 3 heterocycles. The number of hydrogen-bond acceptors (Lipinski definition) is 4. The van der Waals surface area contributed by atoms with E-state index in [1.165, 1.54) is 103 Å². The normalized spacial score (nSPS) is 16.9. The fraction of sp³-hybridized carbons (Fsp3) is 0.465. The van der Waals surface area contributed by atoms with E-state index in [4.69, 9.17) is 13.9 Å². The van der Waals surface area contributed by atoms with Gasteiger partial charge in [0.25, 0.3) is 0 Å². The third-order valence-corrected chi connectivity index (χ3v) is 9.16. The summed E-state index contributed by atoms with van der Waals surface area (Å²) in [5, 5.41) is 0.524. The number of rotatable bonds is 0. The highest BCUT2D eigenvalue weighted by molar-refractivity contribution is 5.82. The van der Waals surface area contributed by atoms with Crippen LogP contribution in [0.25, 0.3) is 22.3 Å². The summed E-state index contributed by atoms with van der Waals surface area (Å²) in [7, 11) is 0. The SMILES string of the molecule is O=c1c2c(oc3ccccc13)-c1ccc(cc1)OCCCCCCCCCCCCCCCCCCCCOc1cccc(c1)C#C2. The van der Waals surface area contributed by atoms with Gasteiger partial charge in [-0.05, 0) is 67.4 Å². The number of fused-ring (bicyclic) bond motifs is 24. The second kappa shape index (κ2) is 19.6. The molecule has 1 aromatic heterocycles. The molecule has 6 rings (SSSR count). The summed E-state index contributed by atoms with van der Waals surface area (Å²) in [5.74, 6) is 8.48. The topological polar surface area (TPSA) is 48.7 Å². The molecule has 47 heavy (non-hydrogen) atoms. The van der Waals surface area contributed by atoms with Crippen molar-refractivity contribution in [2.75, 3.05) is 13.2 Å². The largest absolute Gasteiger partial charge is 0.494 e. The van der Waals surface area contributed by atoms with E-state index in [-0.39, 0.29) is 5.43 Å². The van der Waals surface area contributed by atoms with Gasteiger partial charge in [0, 0.05) is 11.1 Å². The maximum Gasteiger partial charge on any atom is 0.208 e. The lowest BCUT2D eigenvalue weighted by atomic mass is 10.0. The molecule has 0 saturated carbocycles. The molecule has 0 amide bonds. The van der Waals surface area contributed by atoms with Crippen LogP contribution in [0.2, 0.25) is 0 Å². The first kappa shape index (κ1) is 34.4. The number of benzene rings is 3. The van der Waals surface area contributed by atoms with Crippen molar-refractivity contribution in [1.29, 1.82) is 0 Å². The van der Waals surface area contributed by atoms with Crippen LogP contribution in [0.1, 0.15) is 127 Å². The van der Waals surface area contributed by atoms with Gasteiger partial charge in [0.1, 0.15) is 22.6 Å². The van der Waals surface area contributed by atoms with Crippen LogP contribution in [-0.4, -0.2) is 13.2 Å². The molecule has 2 aliphatic rings. The van der Waals surface area contributed by atoms with Crippen LogP contribution in [0.4, 0.5) is 0 Å². The van der Waals surface area contributed by atoms with Crippen molar-refractivity contribution in [2.45, 2.75) is 116 Å². The summed E-state index contributed by atoms with van der Waals surface area (Å²) in [6.45, 7) is 1.42. The van der Waals surface area contributed by atoms with E-state index in [9.17, 15) is 4.79 Å². The monoisotopic (exact) mass is 632 g/mol. The molecular weight excluding hydrogens is 580 g/mol. The molecule has 3 aromatic carbocycles. The lowest BCUT2D eigenvalue weighted by Crippen LogP contribution is -2.08. The quantitative estimate of drug-likeness (QED) is 0.181. The lowest BCUT2D eigenvalue weighted by Gasteiger charge is -2.09. The molecule has 0 fully saturated rings. The van der Waals surface area contributed by atoms with E-state index >= 15 is 0 Å². The predicted octanol–water partition coefficient (Wildman–Crippen LogP) is 11.7. The maximum absolute atomic E-state index is 13.7. The van der Waals surface area contributed by atoms with Gasteiger partial charge in [0.05, 0.1) is 18.6 Å². The molecule has 0 atom stereocenters. The zero-order chi connectivity index (χ0) is 32.4.